The number of imidazole rings is 1. The summed E-state index contributed by atoms with van der Waals surface area (Å²) >= 11 is 0. The van der Waals surface area contributed by atoms with Crippen LogP contribution in [0.3, 0.4) is 0 Å². The van der Waals surface area contributed by atoms with E-state index in [9.17, 15) is 18.0 Å². The predicted octanol–water partition coefficient (Wildman–Crippen LogP) is 4.98. The minimum absolute atomic E-state index is 0.219. The van der Waals surface area contributed by atoms with Gasteiger partial charge in [0.1, 0.15) is 17.5 Å². The summed E-state index contributed by atoms with van der Waals surface area (Å²) in [6.07, 6.45) is -4.11. The first-order valence-corrected chi connectivity index (χ1v) is 8.97. The number of hydrogen-bond donors (Lipinski definition) is 3. The molecule has 1 amide bonds. The number of rotatable bonds is 4. The molecule has 3 heterocycles. The fourth-order valence-corrected chi connectivity index (χ4v) is 3.10. The number of hydrogen-bond acceptors (Lipinski definition) is 5. The third-order valence-corrected chi connectivity index (χ3v) is 4.38. The first kappa shape index (κ1) is 20.1. The van der Waals surface area contributed by atoms with Crippen LogP contribution in [0.2, 0.25) is 0 Å². The SMILES string of the molecule is Cc1nc2ncccc2n1-c1cc(NC(=O)O)cc(Nc2ccc(C(F)(F)F)cc2)n1. The zero-order valence-corrected chi connectivity index (χ0v) is 16.0. The van der Waals surface area contributed by atoms with E-state index in [1.54, 1.807) is 29.8 Å². The second kappa shape index (κ2) is 7.59. The summed E-state index contributed by atoms with van der Waals surface area (Å²) in [7, 11) is 0. The van der Waals surface area contributed by atoms with Gasteiger partial charge in [0.25, 0.3) is 0 Å². The Morgan fingerprint density at radius 1 is 1.06 bits per heavy atom. The lowest BCUT2D eigenvalue weighted by Crippen LogP contribution is -2.10. The summed E-state index contributed by atoms with van der Waals surface area (Å²) < 4.78 is 40.1. The van der Waals surface area contributed by atoms with E-state index in [1.165, 1.54) is 24.3 Å². The number of halogens is 3. The molecule has 4 aromatic rings. The van der Waals surface area contributed by atoms with Crippen LogP contribution in [0.1, 0.15) is 11.4 Å². The standard InChI is InChI=1S/C20H15F3N6O2/c1-11-25-18-15(3-2-8-24-18)29(11)17-10-14(27-19(30)31)9-16(28-17)26-13-6-4-12(5-7-13)20(21,22)23/h2-10H,1H3,(H,30,31)(H2,26,27,28). The second-order valence-electron chi connectivity index (χ2n) is 6.57. The van der Waals surface area contributed by atoms with Gasteiger partial charge in [0.15, 0.2) is 5.65 Å². The zero-order valence-electron chi connectivity index (χ0n) is 16.0. The molecule has 0 spiro atoms. The van der Waals surface area contributed by atoms with Crippen LogP contribution in [-0.4, -0.2) is 30.7 Å². The van der Waals surface area contributed by atoms with Gasteiger partial charge >= 0.3 is 12.3 Å². The Balaban J connectivity index is 1.76. The van der Waals surface area contributed by atoms with Crippen LogP contribution in [0, 0.1) is 6.92 Å². The Labute approximate surface area is 173 Å². The van der Waals surface area contributed by atoms with Gasteiger partial charge in [-0.15, -0.1) is 0 Å². The van der Waals surface area contributed by atoms with Gasteiger partial charge in [0.05, 0.1) is 16.8 Å². The van der Waals surface area contributed by atoms with Gasteiger partial charge in [-0.1, -0.05) is 0 Å². The van der Waals surface area contributed by atoms with Crippen LogP contribution in [0.15, 0.2) is 54.7 Å². The Morgan fingerprint density at radius 3 is 2.48 bits per heavy atom. The van der Waals surface area contributed by atoms with E-state index >= 15 is 0 Å². The smallest absolute Gasteiger partial charge is 0.416 e. The average molecular weight is 428 g/mol. The molecule has 0 aliphatic rings. The number of nitrogens with zero attached hydrogens (tertiary/aromatic N) is 4. The minimum Gasteiger partial charge on any atom is -0.465 e. The lowest BCUT2D eigenvalue weighted by atomic mass is 10.2. The van der Waals surface area contributed by atoms with Gasteiger partial charge in [-0.05, 0) is 43.3 Å². The third kappa shape index (κ3) is 4.25. The van der Waals surface area contributed by atoms with Gasteiger partial charge in [-0.2, -0.15) is 13.2 Å². The molecule has 0 atom stereocenters. The van der Waals surface area contributed by atoms with Gasteiger partial charge in [-0.3, -0.25) is 9.88 Å². The fourth-order valence-electron chi connectivity index (χ4n) is 3.10. The maximum absolute atomic E-state index is 12.8. The summed E-state index contributed by atoms with van der Waals surface area (Å²) in [5.74, 6) is 1.16. The fraction of sp³-hybridized carbons (Fsp3) is 0.100. The van der Waals surface area contributed by atoms with Gasteiger partial charge in [0, 0.05) is 24.0 Å². The highest BCUT2D eigenvalue weighted by atomic mass is 19.4. The molecule has 0 saturated carbocycles. The van der Waals surface area contributed by atoms with E-state index < -0.39 is 17.8 Å². The van der Waals surface area contributed by atoms with Crippen molar-refractivity contribution in [3.63, 3.8) is 0 Å². The molecule has 0 saturated heterocycles. The van der Waals surface area contributed by atoms with Crippen LogP contribution in [0.25, 0.3) is 17.0 Å². The van der Waals surface area contributed by atoms with Crippen molar-refractivity contribution in [1.29, 1.82) is 0 Å². The number of amides is 1. The molecular formula is C20H15F3N6O2. The summed E-state index contributed by atoms with van der Waals surface area (Å²) in [5, 5.41) is 14.3. The molecule has 31 heavy (non-hydrogen) atoms. The first-order chi connectivity index (χ1) is 14.7. The Bertz CT molecular complexity index is 1270. The Kier molecular flexibility index (Phi) is 4.93. The number of nitrogens with one attached hydrogen (secondary N) is 2. The molecule has 0 aliphatic heterocycles. The number of alkyl halides is 3. The third-order valence-electron chi connectivity index (χ3n) is 4.38. The number of fused-ring (bicyclic) bond motifs is 1. The van der Waals surface area contributed by atoms with E-state index in [2.05, 4.69) is 25.6 Å². The van der Waals surface area contributed by atoms with Crippen molar-refractivity contribution in [3.8, 4) is 5.82 Å². The van der Waals surface area contributed by atoms with Crippen LogP contribution in [0.4, 0.5) is 35.2 Å². The molecule has 8 nitrogen and oxygen atoms in total. The van der Waals surface area contributed by atoms with Crippen molar-refractivity contribution < 1.29 is 23.1 Å². The van der Waals surface area contributed by atoms with Crippen molar-refractivity contribution in [2.75, 3.05) is 10.6 Å². The largest absolute Gasteiger partial charge is 0.465 e. The lowest BCUT2D eigenvalue weighted by molar-refractivity contribution is -0.137. The maximum atomic E-state index is 12.8. The van der Waals surface area contributed by atoms with Crippen LogP contribution >= 0.6 is 0 Å². The highest BCUT2D eigenvalue weighted by molar-refractivity contribution is 5.84. The molecule has 0 fully saturated rings. The monoisotopic (exact) mass is 428 g/mol. The highest BCUT2D eigenvalue weighted by Crippen LogP contribution is 2.31. The molecule has 11 heteroatoms. The Morgan fingerprint density at radius 2 is 1.81 bits per heavy atom. The molecule has 3 aromatic heterocycles. The Hall–Kier alpha value is -4.15. The highest BCUT2D eigenvalue weighted by Gasteiger charge is 2.30. The summed E-state index contributed by atoms with van der Waals surface area (Å²) in [6, 6.07) is 10.9. The van der Waals surface area contributed by atoms with Gasteiger partial charge < -0.3 is 10.4 Å². The summed E-state index contributed by atoms with van der Waals surface area (Å²) in [4.78, 5) is 24.2. The van der Waals surface area contributed by atoms with E-state index in [0.29, 0.717) is 28.5 Å². The number of carbonyl (C=O) groups is 1. The molecule has 4 rings (SSSR count). The van der Waals surface area contributed by atoms with Crippen molar-refractivity contribution in [3.05, 3.63) is 66.1 Å². The van der Waals surface area contributed by atoms with Crippen molar-refractivity contribution in [1.82, 2.24) is 19.5 Å². The number of aromatic nitrogens is 4. The van der Waals surface area contributed by atoms with E-state index in [4.69, 9.17) is 5.11 Å². The summed E-state index contributed by atoms with van der Waals surface area (Å²) in [5.41, 5.74) is 0.960. The average Bonchev–Trinajstić information content (AvgIpc) is 3.02. The number of carboxylic acid groups (broad SMARTS) is 1. The topological polar surface area (TPSA) is 105 Å². The quantitative estimate of drug-likeness (QED) is 0.424. The number of aryl methyl sites for hydroxylation is 1. The van der Waals surface area contributed by atoms with Gasteiger partial charge in [0.2, 0.25) is 0 Å². The molecule has 0 aliphatic carbocycles. The van der Waals surface area contributed by atoms with Crippen molar-refractivity contribution in [2.24, 2.45) is 0 Å². The van der Waals surface area contributed by atoms with Crippen LogP contribution < -0.4 is 10.6 Å². The minimum atomic E-state index is -4.44. The first-order valence-electron chi connectivity index (χ1n) is 8.97. The van der Waals surface area contributed by atoms with E-state index in [0.717, 1.165) is 12.1 Å². The van der Waals surface area contributed by atoms with E-state index in [-0.39, 0.29) is 11.5 Å². The van der Waals surface area contributed by atoms with E-state index in [1.807, 2.05) is 0 Å². The number of anilines is 3. The van der Waals surface area contributed by atoms with Crippen molar-refractivity contribution >= 4 is 34.4 Å². The molecule has 3 N–H and O–H groups in total. The summed E-state index contributed by atoms with van der Waals surface area (Å²) in [6.45, 7) is 1.75. The lowest BCUT2D eigenvalue weighted by Gasteiger charge is -2.13. The predicted molar refractivity (Wildman–Crippen MR) is 108 cm³/mol. The molecule has 0 unspecified atom stereocenters. The van der Waals surface area contributed by atoms with Crippen LogP contribution in [-0.2, 0) is 6.18 Å². The zero-order chi connectivity index (χ0) is 22.2. The second-order valence-corrected chi connectivity index (χ2v) is 6.57. The number of pyridine rings is 2. The molecule has 1 aromatic carbocycles. The molecule has 158 valence electrons. The van der Waals surface area contributed by atoms with Crippen molar-refractivity contribution in [2.45, 2.75) is 13.1 Å². The normalized spacial score (nSPS) is 11.5. The number of benzene rings is 1. The van der Waals surface area contributed by atoms with Gasteiger partial charge in [-0.25, -0.2) is 19.7 Å². The van der Waals surface area contributed by atoms with Crippen LogP contribution in [0.5, 0.6) is 0 Å². The molecular weight excluding hydrogens is 413 g/mol. The molecule has 0 bridgehead atoms. The maximum Gasteiger partial charge on any atom is 0.416 e. The molecule has 0 radical (unpaired) electrons.